The van der Waals surface area contributed by atoms with Gasteiger partial charge in [0.2, 0.25) is 0 Å². The van der Waals surface area contributed by atoms with E-state index in [1.54, 1.807) is 6.61 Å². The molecule has 0 aliphatic carbocycles. The van der Waals surface area contributed by atoms with Crippen LogP contribution in [0.3, 0.4) is 0 Å². The Bertz CT molecular complexity index is 186. The molecule has 0 fully saturated rings. The number of hydrogen-bond donors (Lipinski definition) is 1. The van der Waals surface area contributed by atoms with Crippen molar-refractivity contribution in [1.82, 2.24) is 0 Å². The van der Waals surface area contributed by atoms with E-state index in [4.69, 9.17) is 10.5 Å². The molecule has 0 aromatic heterocycles. The summed E-state index contributed by atoms with van der Waals surface area (Å²) < 4.78 is 5.24. The van der Waals surface area contributed by atoms with Crippen molar-refractivity contribution >= 4 is 0 Å². The summed E-state index contributed by atoms with van der Waals surface area (Å²) in [5.41, 5.74) is 5.28. The van der Waals surface area contributed by atoms with E-state index in [0.717, 1.165) is 12.2 Å². The maximum absolute atomic E-state index is 5.28. The van der Waals surface area contributed by atoms with E-state index >= 15 is 0 Å². The first-order chi connectivity index (χ1) is 5.43. The van der Waals surface area contributed by atoms with Gasteiger partial charge in [-0.25, -0.2) is 0 Å². The lowest BCUT2D eigenvalue weighted by molar-refractivity contribution is 0.393. The van der Waals surface area contributed by atoms with Gasteiger partial charge < -0.3 is 10.5 Å². The van der Waals surface area contributed by atoms with Gasteiger partial charge in [0.15, 0.2) is 0 Å². The van der Waals surface area contributed by atoms with Crippen LogP contribution in [0, 0.1) is 6.61 Å². The SMILES string of the molecule is NCC[CH]Oc1ccccc1. The predicted molar refractivity (Wildman–Crippen MR) is 45.0 cm³/mol. The molecule has 11 heavy (non-hydrogen) atoms. The highest BCUT2D eigenvalue weighted by Crippen LogP contribution is 2.09. The number of hydrogen-bond acceptors (Lipinski definition) is 2. The molecule has 2 heteroatoms. The second kappa shape index (κ2) is 4.74. The maximum Gasteiger partial charge on any atom is 0.137 e. The van der Waals surface area contributed by atoms with Gasteiger partial charge >= 0.3 is 0 Å². The van der Waals surface area contributed by atoms with E-state index < -0.39 is 0 Å². The number of rotatable bonds is 4. The molecule has 0 amide bonds. The van der Waals surface area contributed by atoms with Crippen LogP contribution < -0.4 is 10.5 Å². The zero-order chi connectivity index (χ0) is 7.94. The zero-order valence-corrected chi connectivity index (χ0v) is 6.36. The van der Waals surface area contributed by atoms with Gasteiger partial charge in [0.25, 0.3) is 0 Å². The summed E-state index contributed by atoms with van der Waals surface area (Å²) >= 11 is 0. The van der Waals surface area contributed by atoms with Crippen LogP contribution in [0.4, 0.5) is 0 Å². The third-order valence-electron chi connectivity index (χ3n) is 1.25. The molecule has 0 saturated carbocycles. The number of benzene rings is 1. The van der Waals surface area contributed by atoms with Gasteiger partial charge in [0, 0.05) is 6.42 Å². The van der Waals surface area contributed by atoms with E-state index in [-0.39, 0.29) is 0 Å². The first-order valence-electron chi connectivity index (χ1n) is 3.67. The van der Waals surface area contributed by atoms with Crippen LogP contribution in [-0.4, -0.2) is 6.54 Å². The van der Waals surface area contributed by atoms with E-state index in [9.17, 15) is 0 Å². The zero-order valence-electron chi connectivity index (χ0n) is 6.36. The fraction of sp³-hybridized carbons (Fsp3) is 0.222. The summed E-state index contributed by atoms with van der Waals surface area (Å²) in [5, 5.41) is 0. The number of para-hydroxylation sites is 1. The molecule has 2 nitrogen and oxygen atoms in total. The van der Waals surface area contributed by atoms with Crippen LogP contribution in [0.2, 0.25) is 0 Å². The minimum absolute atomic E-state index is 0.632. The lowest BCUT2D eigenvalue weighted by Crippen LogP contribution is -2.01. The van der Waals surface area contributed by atoms with Crippen molar-refractivity contribution in [3.63, 3.8) is 0 Å². The van der Waals surface area contributed by atoms with Crippen molar-refractivity contribution in [1.29, 1.82) is 0 Å². The normalized spacial score (nSPS) is 9.55. The molecule has 0 bridgehead atoms. The Morgan fingerprint density at radius 3 is 2.64 bits per heavy atom. The van der Waals surface area contributed by atoms with Crippen molar-refractivity contribution in [2.45, 2.75) is 6.42 Å². The molecule has 0 aliphatic heterocycles. The van der Waals surface area contributed by atoms with Crippen molar-refractivity contribution in [2.24, 2.45) is 5.73 Å². The Kier molecular flexibility index (Phi) is 3.48. The summed E-state index contributed by atoms with van der Waals surface area (Å²) in [6, 6.07) is 9.65. The smallest absolute Gasteiger partial charge is 0.137 e. The van der Waals surface area contributed by atoms with E-state index in [0.29, 0.717) is 6.54 Å². The van der Waals surface area contributed by atoms with Crippen LogP contribution in [-0.2, 0) is 0 Å². The van der Waals surface area contributed by atoms with Gasteiger partial charge in [-0.1, -0.05) is 18.2 Å². The third kappa shape index (κ3) is 3.05. The average Bonchev–Trinajstić information content (AvgIpc) is 2.07. The summed E-state index contributed by atoms with van der Waals surface area (Å²) in [7, 11) is 0. The highest BCUT2D eigenvalue weighted by Gasteiger charge is 1.89. The minimum Gasteiger partial charge on any atom is -0.487 e. The lowest BCUT2D eigenvalue weighted by Gasteiger charge is -2.02. The quantitative estimate of drug-likeness (QED) is 0.661. The van der Waals surface area contributed by atoms with Gasteiger partial charge in [-0.3, -0.25) is 0 Å². The summed E-state index contributed by atoms with van der Waals surface area (Å²) in [4.78, 5) is 0. The molecule has 1 aromatic carbocycles. The van der Waals surface area contributed by atoms with Crippen LogP contribution in [0.15, 0.2) is 30.3 Å². The molecule has 1 aromatic rings. The molecule has 0 spiro atoms. The summed E-state index contributed by atoms with van der Waals surface area (Å²) in [6.45, 7) is 2.35. The Morgan fingerprint density at radius 2 is 2.00 bits per heavy atom. The number of ether oxygens (including phenoxy) is 1. The first-order valence-corrected chi connectivity index (χ1v) is 3.67. The molecule has 0 aliphatic rings. The molecule has 0 saturated heterocycles. The second-order valence-corrected chi connectivity index (χ2v) is 2.17. The van der Waals surface area contributed by atoms with Crippen LogP contribution in [0.5, 0.6) is 5.75 Å². The molecular formula is C9H12NO. The van der Waals surface area contributed by atoms with E-state index in [2.05, 4.69) is 0 Å². The van der Waals surface area contributed by atoms with E-state index in [1.165, 1.54) is 0 Å². The lowest BCUT2D eigenvalue weighted by atomic mass is 10.3. The summed E-state index contributed by atoms with van der Waals surface area (Å²) in [6.07, 6.45) is 0.787. The van der Waals surface area contributed by atoms with Gasteiger partial charge in [-0.15, -0.1) is 0 Å². The van der Waals surface area contributed by atoms with Crippen LogP contribution in [0.1, 0.15) is 6.42 Å². The highest BCUT2D eigenvalue weighted by molar-refractivity contribution is 5.21. The highest BCUT2D eigenvalue weighted by atomic mass is 16.5. The van der Waals surface area contributed by atoms with E-state index in [1.807, 2.05) is 30.3 Å². The molecule has 1 radical (unpaired) electrons. The fourth-order valence-electron chi connectivity index (χ4n) is 0.722. The number of nitrogens with two attached hydrogens (primary N) is 1. The van der Waals surface area contributed by atoms with Gasteiger partial charge in [0.1, 0.15) is 12.4 Å². The first kappa shape index (κ1) is 8.08. The molecule has 2 N–H and O–H groups in total. The molecule has 0 unspecified atom stereocenters. The van der Waals surface area contributed by atoms with Gasteiger partial charge in [-0.05, 0) is 18.7 Å². The molecule has 0 atom stereocenters. The van der Waals surface area contributed by atoms with Crippen molar-refractivity contribution in [3.05, 3.63) is 36.9 Å². The van der Waals surface area contributed by atoms with Crippen molar-refractivity contribution in [2.75, 3.05) is 6.54 Å². The Balaban J connectivity index is 2.28. The minimum atomic E-state index is 0.632. The molecule has 0 heterocycles. The fourth-order valence-corrected chi connectivity index (χ4v) is 0.722. The maximum atomic E-state index is 5.28. The molecule has 59 valence electrons. The Labute approximate surface area is 67.0 Å². The largest absolute Gasteiger partial charge is 0.487 e. The molecule has 1 rings (SSSR count). The topological polar surface area (TPSA) is 35.2 Å². The Morgan fingerprint density at radius 1 is 1.27 bits per heavy atom. The molecular weight excluding hydrogens is 138 g/mol. The van der Waals surface area contributed by atoms with Crippen LogP contribution >= 0.6 is 0 Å². The van der Waals surface area contributed by atoms with Crippen LogP contribution in [0.25, 0.3) is 0 Å². The van der Waals surface area contributed by atoms with Gasteiger partial charge in [0.05, 0.1) is 0 Å². The predicted octanol–water partition coefficient (Wildman–Crippen LogP) is 1.58. The summed E-state index contributed by atoms with van der Waals surface area (Å²) in [5.74, 6) is 0.862. The average molecular weight is 150 g/mol. The van der Waals surface area contributed by atoms with Gasteiger partial charge in [-0.2, -0.15) is 0 Å². The third-order valence-corrected chi connectivity index (χ3v) is 1.25. The monoisotopic (exact) mass is 150 g/mol. The van der Waals surface area contributed by atoms with Crippen molar-refractivity contribution in [3.8, 4) is 5.75 Å². The van der Waals surface area contributed by atoms with Crippen molar-refractivity contribution < 1.29 is 4.74 Å². The standard InChI is InChI=1S/C9H12NO/c10-7-4-8-11-9-5-2-1-3-6-9/h1-3,5-6,8H,4,7,10H2. The second-order valence-electron chi connectivity index (χ2n) is 2.17. The Hall–Kier alpha value is -1.02.